The van der Waals surface area contributed by atoms with Crippen molar-refractivity contribution in [3.63, 3.8) is 0 Å². The second-order valence-corrected chi connectivity index (χ2v) is 6.25. The smallest absolute Gasteiger partial charge is 0.123 e. The first-order chi connectivity index (χ1) is 9.17. The summed E-state index contributed by atoms with van der Waals surface area (Å²) >= 11 is 3.31. The van der Waals surface area contributed by atoms with E-state index in [0.717, 1.165) is 27.8 Å². The van der Waals surface area contributed by atoms with Crippen LogP contribution in [0.25, 0.3) is 0 Å². The Kier molecular flexibility index (Phi) is 5.33. The van der Waals surface area contributed by atoms with Crippen LogP contribution >= 0.6 is 23.1 Å². The molecule has 0 fully saturated rings. The fourth-order valence-corrected chi connectivity index (χ4v) is 3.39. The summed E-state index contributed by atoms with van der Waals surface area (Å²) in [5.74, 6) is 6.18. The summed E-state index contributed by atoms with van der Waals surface area (Å²) in [6, 6.07) is 6.65. The number of nitrogens with one attached hydrogen (secondary N) is 1. The fraction of sp³-hybridized carbons (Fsp3) is 0.308. The zero-order chi connectivity index (χ0) is 13.7. The highest BCUT2D eigenvalue weighted by molar-refractivity contribution is 7.99. The van der Waals surface area contributed by atoms with Gasteiger partial charge in [-0.3, -0.25) is 11.3 Å². The molecular weight excluding hydrogens is 281 g/mol. The number of nitrogens with two attached hydrogens (primary N) is 1. The number of aromatic nitrogens is 1. The maximum Gasteiger partial charge on any atom is 0.123 e. The Morgan fingerprint density at radius 2 is 2.16 bits per heavy atom. The molecule has 0 saturated carbocycles. The Morgan fingerprint density at radius 1 is 1.42 bits per heavy atom. The van der Waals surface area contributed by atoms with E-state index in [-0.39, 0.29) is 11.9 Å². The minimum Gasteiger partial charge on any atom is -0.271 e. The van der Waals surface area contributed by atoms with Gasteiger partial charge in [0.15, 0.2) is 0 Å². The van der Waals surface area contributed by atoms with E-state index in [2.05, 4.69) is 10.4 Å². The van der Waals surface area contributed by atoms with Crippen molar-refractivity contribution >= 4 is 23.1 Å². The molecule has 6 heteroatoms. The van der Waals surface area contributed by atoms with Crippen LogP contribution in [-0.2, 0) is 6.42 Å². The third kappa shape index (κ3) is 4.58. The first-order valence-corrected chi connectivity index (χ1v) is 7.79. The molecule has 102 valence electrons. The predicted octanol–water partition coefficient (Wildman–Crippen LogP) is 2.76. The van der Waals surface area contributed by atoms with Crippen LogP contribution in [0.5, 0.6) is 0 Å². The van der Waals surface area contributed by atoms with Crippen molar-refractivity contribution in [3.8, 4) is 0 Å². The SMILES string of the molecule is Cc1csc(CC(CSc2ccc(F)cc2)NN)n1. The molecule has 3 nitrogen and oxygen atoms in total. The summed E-state index contributed by atoms with van der Waals surface area (Å²) in [6.45, 7) is 1.98. The zero-order valence-electron chi connectivity index (χ0n) is 10.6. The number of hydrogen-bond acceptors (Lipinski definition) is 5. The van der Waals surface area contributed by atoms with Gasteiger partial charge in [-0.1, -0.05) is 0 Å². The number of nitrogens with zero attached hydrogens (tertiary/aromatic N) is 1. The zero-order valence-corrected chi connectivity index (χ0v) is 12.2. The van der Waals surface area contributed by atoms with E-state index in [1.54, 1.807) is 35.2 Å². The van der Waals surface area contributed by atoms with Crippen molar-refractivity contribution in [1.82, 2.24) is 10.4 Å². The lowest BCUT2D eigenvalue weighted by Gasteiger charge is -2.13. The van der Waals surface area contributed by atoms with Crippen LogP contribution in [0.1, 0.15) is 10.7 Å². The lowest BCUT2D eigenvalue weighted by atomic mass is 10.2. The lowest BCUT2D eigenvalue weighted by Crippen LogP contribution is -2.38. The highest BCUT2D eigenvalue weighted by Gasteiger charge is 2.11. The first-order valence-electron chi connectivity index (χ1n) is 5.93. The summed E-state index contributed by atoms with van der Waals surface area (Å²) in [5.41, 5.74) is 3.86. The standard InChI is InChI=1S/C13H16FN3S2/c1-9-7-19-13(16-9)6-11(17-15)8-18-12-4-2-10(14)3-5-12/h2-5,7,11,17H,6,8,15H2,1H3. The van der Waals surface area contributed by atoms with Gasteiger partial charge in [-0.15, -0.1) is 23.1 Å². The third-order valence-corrected chi connectivity index (χ3v) is 4.75. The molecule has 1 heterocycles. The van der Waals surface area contributed by atoms with Crippen LogP contribution in [0.3, 0.4) is 0 Å². The average Bonchev–Trinajstić information content (AvgIpc) is 2.82. The van der Waals surface area contributed by atoms with Gasteiger partial charge in [0, 0.05) is 34.2 Å². The van der Waals surface area contributed by atoms with E-state index < -0.39 is 0 Å². The van der Waals surface area contributed by atoms with Crippen molar-refractivity contribution < 1.29 is 4.39 Å². The number of benzene rings is 1. The number of rotatable bonds is 6. The van der Waals surface area contributed by atoms with Crippen LogP contribution < -0.4 is 11.3 Å². The Morgan fingerprint density at radius 3 is 2.74 bits per heavy atom. The van der Waals surface area contributed by atoms with Gasteiger partial charge in [0.1, 0.15) is 5.82 Å². The fourth-order valence-electron chi connectivity index (χ4n) is 1.60. The molecule has 19 heavy (non-hydrogen) atoms. The Bertz CT molecular complexity index is 513. The highest BCUT2D eigenvalue weighted by Crippen LogP contribution is 2.20. The number of aryl methyl sites for hydroxylation is 1. The molecule has 0 saturated heterocycles. The number of hydrogen-bond donors (Lipinski definition) is 2. The second kappa shape index (κ2) is 7.00. The van der Waals surface area contributed by atoms with Gasteiger partial charge in [-0.25, -0.2) is 9.37 Å². The van der Waals surface area contributed by atoms with Crippen LogP contribution in [0, 0.1) is 12.7 Å². The van der Waals surface area contributed by atoms with E-state index in [9.17, 15) is 4.39 Å². The molecule has 1 unspecified atom stereocenters. The average molecular weight is 297 g/mol. The Labute approximate surface area is 120 Å². The van der Waals surface area contributed by atoms with E-state index in [4.69, 9.17) is 5.84 Å². The number of thioether (sulfide) groups is 1. The van der Waals surface area contributed by atoms with Gasteiger partial charge < -0.3 is 0 Å². The minimum absolute atomic E-state index is 0.153. The van der Waals surface area contributed by atoms with E-state index >= 15 is 0 Å². The topological polar surface area (TPSA) is 50.9 Å². The third-order valence-electron chi connectivity index (χ3n) is 2.59. The van der Waals surface area contributed by atoms with Crippen molar-refractivity contribution in [2.45, 2.75) is 24.3 Å². The molecule has 1 atom stereocenters. The van der Waals surface area contributed by atoms with Crippen LogP contribution in [0.2, 0.25) is 0 Å². The summed E-state index contributed by atoms with van der Waals surface area (Å²) in [7, 11) is 0. The number of hydrazine groups is 1. The van der Waals surface area contributed by atoms with Crippen LogP contribution in [0.15, 0.2) is 34.5 Å². The molecule has 0 spiro atoms. The molecule has 0 aliphatic heterocycles. The molecule has 1 aromatic carbocycles. The highest BCUT2D eigenvalue weighted by atomic mass is 32.2. The normalized spacial score (nSPS) is 12.6. The van der Waals surface area contributed by atoms with Crippen molar-refractivity contribution in [3.05, 3.63) is 46.2 Å². The van der Waals surface area contributed by atoms with Crippen molar-refractivity contribution in [1.29, 1.82) is 0 Å². The van der Waals surface area contributed by atoms with E-state index in [1.807, 2.05) is 12.3 Å². The van der Waals surface area contributed by atoms with Gasteiger partial charge in [0.05, 0.1) is 5.01 Å². The van der Waals surface area contributed by atoms with Gasteiger partial charge in [0.2, 0.25) is 0 Å². The molecule has 0 aliphatic carbocycles. The number of halogens is 1. The second-order valence-electron chi connectivity index (χ2n) is 4.22. The molecule has 1 aromatic heterocycles. The Balaban J connectivity index is 1.87. The molecule has 3 N–H and O–H groups in total. The van der Waals surface area contributed by atoms with E-state index in [0.29, 0.717) is 0 Å². The first kappa shape index (κ1) is 14.5. The molecule has 0 radical (unpaired) electrons. The van der Waals surface area contributed by atoms with Gasteiger partial charge in [-0.2, -0.15) is 0 Å². The summed E-state index contributed by atoms with van der Waals surface area (Å²) in [6.07, 6.45) is 0.809. The molecule has 0 bridgehead atoms. The molecule has 0 amide bonds. The maximum atomic E-state index is 12.8. The van der Waals surface area contributed by atoms with Crippen molar-refractivity contribution in [2.75, 3.05) is 5.75 Å². The lowest BCUT2D eigenvalue weighted by molar-refractivity contribution is 0.574. The van der Waals surface area contributed by atoms with Crippen LogP contribution in [-0.4, -0.2) is 16.8 Å². The number of thiazole rings is 1. The Hall–Kier alpha value is -0.950. The van der Waals surface area contributed by atoms with Gasteiger partial charge in [0.25, 0.3) is 0 Å². The summed E-state index contributed by atoms with van der Waals surface area (Å²) in [5, 5.41) is 3.12. The van der Waals surface area contributed by atoms with Gasteiger partial charge >= 0.3 is 0 Å². The molecule has 2 rings (SSSR count). The maximum absolute atomic E-state index is 12.8. The quantitative estimate of drug-likeness (QED) is 0.489. The summed E-state index contributed by atoms with van der Waals surface area (Å²) in [4.78, 5) is 5.47. The van der Waals surface area contributed by atoms with Crippen LogP contribution in [0.4, 0.5) is 4.39 Å². The largest absolute Gasteiger partial charge is 0.271 e. The van der Waals surface area contributed by atoms with Gasteiger partial charge in [-0.05, 0) is 31.2 Å². The monoisotopic (exact) mass is 297 g/mol. The van der Waals surface area contributed by atoms with E-state index in [1.165, 1.54) is 12.1 Å². The molecular formula is C13H16FN3S2. The van der Waals surface area contributed by atoms with Crippen molar-refractivity contribution in [2.24, 2.45) is 5.84 Å². The molecule has 0 aliphatic rings. The minimum atomic E-state index is -0.212. The predicted molar refractivity (Wildman–Crippen MR) is 78.8 cm³/mol. The molecule has 2 aromatic rings. The summed E-state index contributed by atoms with van der Waals surface area (Å²) < 4.78 is 12.8.